The van der Waals surface area contributed by atoms with Crippen LogP contribution in [-0.4, -0.2) is 35.7 Å². The van der Waals surface area contributed by atoms with Crippen LogP contribution in [0.15, 0.2) is 0 Å². The van der Waals surface area contributed by atoms with Crippen molar-refractivity contribution in [2.24, 2.45) is 11.7 Å². The van der Waals surface area contributed by atoms with E-state index in [-0.39, 0.29) is 17.7 Å². The highest BCUT2D eigenvalue weighted by atomic mass is 16.2. The standard InChI is InChI=1S/C12H22N2O2/c1-4-9-5-6-10(11(15)7-9)14(3)12(16)8(2)13/h8-10H,4-7,13H2,1-3H3. The Labute approximate surface area is 97.2 Å². The lowest BCUT2D eigenvalue weighted by molar-refractivity contribution is -0.140. The Balaban J connectivity index is 2.62. The minimum absolute atomic E-state index is 0.145. The third kappa shape index (κ3) is 2.82. The Morgan fingerprint density at radius 2 is 2.19 bits per heavy atom. The van der Waals surface area contributed by atoms with E-state index in [0.29, 0.717) is 12.3 Å². The number of likely N-dealkylation sites (N-methyl/N-ethyl adjacent to an activating group) is 1. The van der Waals surface area contributed by atoms with Crippen LogP contribution in [0.4, 0.5) is 0 Å². The molecule has 1 saturated carbocycles. The summed E-state index contributed by atoms with van der Waals surface area (Å²) in [4.78, 5) is 25.1. The summed E-state index contributed by atoms with van der Waals surface area (Å²) in [5.41, 5.74) is 5.54. The molecular weight excluding hydrogens is 204 g/mol. The van der Waals surface area contributed by atoms with E-state index in [2.05, 4.69) is 6.92 Å². The highest BCUT2D eigenvalue weighted by Crippen LogP contribution is 2.26. The van der Waals surface area contributed by atoms with Crippen LogP contribution in [-0.2, 0) is 9.59 Å². The molecule has 0 radical (unpaired) electrons. The lowest BCUT2D eigenvalue weighted by atomic mass is 9.83. The van der Waals surface area contributed by atoms with Crippen molar-refractivity contribution >= 4 is 11.7 Å². The molecule has 0 aromatic carbocycles. The summed E-state index contributed by atoms with van der Waals surface area (Å²) in [6.45, 7) is 3.76. The number of hydrogen-bond donors (Lipinski definition) is 1. The fourth-order valence-electron chi connectivity index (χ4n) is 2.31. The molecule has 1 aliphatic rings. The molecule has 16 heavy (non-hydrogen) atoms. The summed E-state index contributed by atoms with van der Waals surface area (Å²) in [6, 6.07) is -0.775. The molecule has 0 saturated heterocycles. The predicted molar refractivity (Wildman–Crippen MR) is 62.8 cm³/mol. The van der Waals surface area contributed by atoms with Crippen LogP contribution in [0.5, 0.6) is 0 Å². The lowest BCUT2D eigenvalue weighted by Crippen LogP contribution is -2.50. The zero-order chi connectivity index (χ0) is 12.3. The van der Waals surface area contributed by atoms with Crippen LogP contribution < -0.4 is 5.73 Å². The Hall–Kier alpha value is -0.900. The van der Waals surface area contributed by atoms with Crippen LogP contribution in [0.25, 0.3) is 0 Å². The molecule has 92 valence electrons. The van der Waals surface area contributed by atoms with Gasteiger partial charge in [0.05, 0.1) is 12.1 Å². The molecule has 0 aliphatic heterocycles. The van der Waals surface area contributed by atoms with Crippen LogP contribution in [0.2, 0.25) is 0 Å². The maximum absolute atomic E-state index is 11.9. The van der Waals surface area contributed by atoms with Crippen LogP contribution in [0.1, 0.15) is 39.5 Å². The summed E-state index contributed by atoms with van der Waals surface area (Å²) in [5.74, 6) is 0.547. The van der Waals surface area contributed by atoms with Crippen molar-refractivity contribution in [2.45, 2.75) is 51.6 Å². The second kappa shape index (κ2) is 5.43. The Morgan fingerprint density at radius 3 is 2.62 bits per heavy atom. The number of carbonyl (C=O) groups is 2. The first kappa shape index (κ1) is 13.2. The third-order valence-electron chi connectivity index (χ3n) is 3.49. The number of carbonyl (C=O) groups excluding carboxylic acids is 2. The van der Waals surface area contributed by atoms with Crippen molar-refractivity contribution in [1.82, 2.24) is 4.90 Å². The monoisotopic (exact) mass is 226 g/mol. The maximum atomic E-state index is 11.9. The Morgan fingerprint density at radius 1 is 1.56 bits per heavy atom. The van der Waals surface area contributed by atoms with E-state index >= 15 is 0 Å². The third-order valence-corrected chi connectivity index (χ3v) is 3.49. The second-order valence-corrected chi connectivity index (χ2v) is 4.78. The largest absolute Gasteiger partial charge is 0.334 e. The second-order valence-electron chi connectivity index (χ2n) is 4.78. The summed E-state index contributed by atoms with van der Waals surface area (Å²) >= 11 is 0. The first-order valence-electron chi connectivity index (χ1n) is 6.02. The molecule has 4 heteroatoms. The number of amides is 1. The van der Waals surface area contributed by atoms with Crippen molar-refractivity contribution in [3.8, 4) is 0 Å². The van der Waals surface area contributed by atoms with Gasteiger partial charge < -0.3 is 10.6 Å². The lowest BCUT2D eigenvalue weighted by Gasteiger charge is -2.33. The van der Waals surface area contributed by atoms with E-state index in [9.17, 15) is 9.59 Å². The van der Waals surface area contributed by atoms with Crippen molar-refractivity contribution < 1.29 is 9.59 Å². The number of hydrogen-bond acceptors (Lipinski definition) is 3. The predicted octanol–water partition coefficient (Wildman–Crippen LogP) is 0.940. The van der Waals surface area contributed by atoms with Crippen molar-refractivity contribution in [3.05, 3.63) is 0 Å². The van der Waals surface area contributed by atoms with Gasteiger partial charge in [-0.1, -0.05) is 13.3 Å². The fraction of sp³-hybridized carbons (Fsp3) is 0.833. The van der Waals surface area contributed by atoms with Gasteiger partial charge in [-0.05, 0) is 25.7 Å². The fourth-order valence-corrected chi connectivity index (χ4v) is 2.31. The summed E-state index contributed by atoms with van der Waals surface area (Å²) < 4.78 is 0. The molecule has 0 aromatic heterocycles. The molecule has 0 heterocycles. The van der Waals surface area contributed by atoms with Crippen molar-refractivity contribution in [1.29, 1.82) is 0 Å². The van der Waals surface area contributed by atoms with Crippen LogP contribution in [0.3, 0.4) is 0 Å². The van der Waals surface area contributed by atoms with Gasteiger partial charge >= 0.3 is 0 Å². The Kier molecular flexibility index (Phi) is 4.47. The normalized spacial score (nSPS) is 27.6. The minimum Gasteiger partial charge on any atom is -0.334 e. The average molecular weight is 226 g/mol. The topological polar surface area (TPSA) is 63.4 Å². The smallest absolute Gasteiger partial charge is 0.239 e. The van der Waals surface area contributed by atoms with Gasteiger partial charge in [0.2, 0.25) is 5.91 Å². The number of rotatable bonds is 3. The van der Waals surface area contributed by atoms with Gasteiger partial charge in [0.1, 0.15) is 0 Å². The number of ketones is 1. The van der Waals surface area contributed by atoms with E-state index in [0.717, 1.165) is 19.3 Å². The molecule has 1 aliphatic carbocycles. The Bertz CT molecular complexity index is 276. The van der Waals surface area contributed by atoms with Gasteiger partial charge in [-0.15, -0.1) is 0 Å². The summed E-state index contributed by atoms with van der Waals surface area (Å²) in [5, 5.41) is 0. The number of nitrogens with two attached hydrogens (primary N) is 1. The van der Waals surface area contributed by atoms with Gasteiger partial charge in [-0.2, -0.15) is 0 Å². The summed E-state index contributed by atoms with van der Waals surface area (Å²) in [7, 11) is 1.68. The van der Waals surface area contributed by atoms with E-state index < -0.39 is 6.04 Å². The molecule has 0 aromatic rings. The quantitative estimate of drug-likeness (QED) is 0.779. The molecule has 4 nitrogen and oxygen atoms in total. The molecule has 3 unspecified atom stereocenters. The van der Waals surface area contributed by atoms with E-state index in [4.69, 9.17) is 5.73 Å². The first-order valence-corrected chi connectivity index (χ1v) is 6.02. The molecule has 1 amide bonds. The molecular formula is C12H22N2O2. The zero-order valence-corrected chi connectivity index (χ0v) is 10.4. The van der Waals surface area contributed by atoms with Gasteiger partial charge in [0, 0.05) is 13.5 Å². The maximum Gasteiger partial charge on any atom is 0.239 e. The molecule has 1 rings (SSSR count). The number of nitrogens with zero attached hydrogens (tertiary/aromatic N) is 1. The summed E-state index contributed by atoms with van der Waals surface area (Å²) in [6.07, 6.45) is 3.47. The number of Topliss-reactive ketones (excluding diaryl/α,β-unsaturated/α-hetero) is 1. The molecule has 0 bridgehead atoms. The van der Waals surface area contributed by atoms with E-state index in [1.165, 1.54) is 4.90 Å². The molecule has 0 spiro atoms. The van der Waals surface area contributed by atoms with E-state index in [1.807, 2.05) is 0 Å². The van der Waals surface area contributed by atoms with Gasteiger partial charge in [0.25, 0.3) is 0 Å². The van der Waals surface area contributed by atoms with Gasteiger partial charge in [0.15, 0.2) is 5.78 Å². The molecule has 1 fully saturated rings. The van der Waals surface area contributed by atoms with Crippen molar-refractivity contribution in [2.75, 3.05) is 7.05 Å². The highest BCUT2D eigenvalue weighted by molar-refractivity contribution is 5.91. The zero-order valence-electron chi connectivity index (χ0n) is 10.4. The van der Waals surface area contributed by atoms with Crippen LogP contribution in [0, 0.1) is 5.92 Å². The molecule has 3 atom stereocenters. The van der Waals surface area contributed by atoms with Gasteiger partial charge in [-0.25, -0.2) is 0 Å². The highest BCUT2D eigenvalue weighted by Gasteiger charge is 2.33. The van der Waals surface area contributed by atoms with E-state index in [1.54, 1.807) is 14.0 Å². The SMILES string of the molecule is CCC1CCC(N(C)C(=O)C(C)N)C(=O)C1. The average Bonchev–Trinajstić information content (AvgIpc) is 2.26. The van der Waals surface area contributed by atoms with Gasteiger partial charge in [-0.3, -0.25) is 9.59 Å². The van der Waals surface area contributed by atoms with Crippen molar-refractivity contribution in [3.63, 3.8) is 0 Å². The minimum atomic E-state index is -0.526. The van der Waals surface area contributed by atoms with Crippen LogP contribution >= 0.6 is 0 Å². The molecule has 2 N–H and O–H groups in total. The first-order chi connectivity index (χ1) is 7.47.